The largest absolute Gasteiger partial charge is 0.493 e. The van der Waals surface area contributed by atoms with Crippen LogP contribution < -0.4 is 14.8 Å². The van der Waals surface area contributed by atoms with E-state index in [0.29, 0.717) is 33.9 Å². The van der Waals surface area contributed by atoms with Crippen LogP contribution >= 0.6 is 0 Å². The minimum absolute atomic E-state index is 0.215. The van der Waals surface area contributed by atoms with Crippen LogP contribution in [0.2, 0.25) is 0 Å². The van der Waals surface area contributed by atoms with Crippen molar-refractivity contribution < 1.29 is 23.5 Å². The average molecular weight is 419 g/mol. The molecule has 0 aliphatic heterocycles. The highest BCUT2D eigenvalue weighted by Crippen LogP contribution is 2.30. The van der Waals surface area contributed by atoms with Crippen molar-refractivity contribution in [2.75, 3.05) is 19.5 Å². The van der Waals surface area contributed by atoms with E-state index in [9.17, 15) is 14.0 Å². The lowest BCUT2D eigenvalue weighted by Crippen LogP contribution is -2.08. The van der Waals surface area contributed by atoms with Crippen molar-refractivity contribution >= 4 is 23.5 Å². The number of anilines is 1. The van der Waals surface area contributed by atoms with E-state index < -0.39 is 0 Å². The van der Waals surface area contributed by atoms with Gasteiger partial charge in [0.25, 0.3) is 0 Å². The van der Waals surface area contributed by atoms with Crippen LogP contribution in [0.5, 0.6) is 11.5 Å². The van der Waals surface area contributed by atoms with Gasteiger partial charge < -0.3 is 14.8 Å². The van der Waals surface area contributed by atoms with E-state index in [1.807, 2.05) is 6.07 Å². The first kappa shape index (κ1) is 21.8. The smallest absolute Gasteiger partial charge is 0.221 e. The standard InChI is InChI=1S/C25H22FNO4/c1-16(28)27-22-11-8-19(15-21(22)18-6-9-20(26)10-7-18)23(29)12-4-17-5-13-24(30-2)25(14-17)31-3/h4-15H,1-3H3,(H,27,28)/b12-4+. The molecule has 0 atom stereocenters. The van der Waals surface area contributed by atoms with Crippen LogP contribution in [0.1, 0.15) is 22.8 Å². The molecule has 6 heteroatoms. The predicted molar refractivity (Wildman–Crippen MR) is 119 cm³/mol. The summed E-state index contributed by atoms with van der Waals surface area (Å²) in [7, 11) is 3.10. The molecule has 0 unspecified atom stereocenters. The van der Waals surface area contributed by atoms with Crippen LogP contribution in [-0.2, 0) is 4.79 Å². The molecule has 0 radical (unpaired) electrons. The van der Waals surface area contributed by atoms with Gasteiger partial charge in [0.2, 0.25) is 5.91 Å². The Balaban J connectivity index is 1.92. The van der Waals surface area contributed by atoms with Gasteiger partial charge in [-0.15, -0.1) is 0 Å². The number of carbonyl (C=O) groups is 2. The zero-order valence-corrected chi connectivity index (χ0v) is 17.4. The normalized spacial score (nSPS) is 10.7. The van der Waals surface area contributed by atoms with Gasteiger partial charge >= 0.3 is 0 Å². The summed E-state index contributed by atoms with van der Waals surface area (Å²) >= 11 is 0. The fourth-order valence-electron chi connectivity index (χ4n) is 3.09. The number of amides is 1. The zero-order valence-electron chi connectivity index (χ0n) is 17.4. The van der Waals surface area contributed by atoms with Crippen molar-refractivity contribution in [2.45, 2.75) is 6.92 Å². The molecule has 3 aromatic carbocycles. The van der Waals surface area contributed by atoms with Crippen LogP contribution in [0.15, 0.2) is 66.7 Å². The van der Waals surface area contributed by atoms with E-state index in [4.69, 9.17) is 9.47 Å². The molecule has 0 heterocycles. The van der Waals surface area contributed by atoms with Crippen LogP contribution in [0, 0.1) is 5.82 Å². The second kappa shape index (κ2) is 9.71. The number of ketones is 1. The summed E-state index contributed by atoms with van der Waals surface area (Å²) in [4.78, 5) is 24.3. The lowest BCUT2D eigenvalue weighted by molar-refractivity contribution is -0.114. The Kier molecular flexibility index (Phi) is 6.82. The minimum atomic E-state index is -0.366. The number of carbonyl (C=O) groups excluding carboxylic acids is 2. The monoisotopic (exact) mass is 419 g/mol. The van der Waals surface area contributed by atoms with Crippen molar-refractivity contribution in [3.63, 3.8) is 0 Å². The zero-order chi connectivity index (χ0) is 22.4. The third kappa shape index (κ3) is 5.36. The Hall–Kier alpha value is -3.93. The Labute approximate surface area is 180 Å². The Bertz CT molecular complexity index is 1140. The van der Waals surface area contributed by atoms with Gasteiger partial charge in [-0.2, -0.15) is 0 Å². The lowest BCUT2D eigenvalue weighted by Gasteiger charge is -2.12. The van der Waals surface area contributed by atoms with Crippen molar-refractivity contribution in [3.8, 4) is 22.6 Å². The van der Waals surface area contributed by atoms with E-state index >= 15 is 0 Å². The highest BCUT2D eigenvalue weighted by Gasteiger charge is 2.11. The molecule has 158 valence electrons. The minimum Gasteiger partial charge on any atom is -0.493 e. The summed E-state index contributed by atoms with van der Waals surface area (Å²) in [5, 5.41) is 2.75. The molecule has 1 amide bonds. The van der Waals surface area contributed by atoms with Gasteiger partial charge in [-0.1, -0.05) is 24.3 Å². The summed E-state index contributed by atoms with van der Waals surface area (Å²) in [6.45, 7) is 1.40. The highest BCUT2D eigenvalue weighted by atomic mass is 19.1. The number of methoxy groups -OCH3 is 2. The third-order valence-corrected chi connectivity index (χ3v) is 4.60. The molecule has 0 aliphatic carbocycles. The number of allylic oxidation sites excluding steroid dienone is 1. The summed E-state index contributed by atoms with van der Waals surface area (Å²) in [6.07, 6.45) is 3.15. The highest BCUT2D eigenvalue weighted by molar-refractivity contribution is 6.08. The molecular weight excluding hydrogens is 397 g/mol. The van der Waals surface area contributed by atoms with Crippen LogP contribution in [0.25, 0.3) is 17.2 Å². The van der Waals surface area contributed by atoms with Gasteiger partial charge in [-0.3, -0.25) is 9.59 Å². The lowest BCUT2D eigenvalue weighted by atomic mass is 9.98. The number of rotatable bonds is 7. The number of nitrogens with one attached hydrogen (secondary N) is 1. The van der Waals surface area contributed by atoms with Gasteiger partial charge in [0.1, 0.15) is 5.82 Å². The Morgan fingerprint density at radius 1 is 0.903 bits per heavy atom. The fraction of sp³-hybridized carbons (Fsp3) is 0.120. The second-order valence-electron chi connectivity index (χ2n) is 6.76. The molecule has 0 bridgehead atoms. The van der Waals surface area contributed by atoms with E-state index in [2.05, 4.69) is 5.32 Å². The maximum absolute atomic E-state index is 13.3. The van der Waals surface area contributed by atoms with Crippen molar-refractivity contribution in [3.05, 3.63) is 83.7 Å². The number of benzene rings is 3. The first-order chi connectivity index (χ1) is 14.9. The third-order valence-electron chi connectivity index (χ3n) is 4.60. The molecule has 0 spiro atoms. The first-order valence-electron chi connectivity index (χ1n) is 9.53. The number of hydrogen-bond acceptors (Lipinski definition) is 4. The summed E-state index contributed by atoms with van der Waals surface area (Å²) in [5.74, 6) is 0.344. The molecule has 0 aromatic heterocycles. The van der Waals surface area contributed by atoms with Crippen molar-refractivity contribution in [2.24, 2.45) is 0 Å². The molecule has 31 heavy (non-hydrogen) atoms. The molecule has 0 saturated heterocycles. The SMILES string of the molecule is COc1ccc(/C=C/C(=O)c2ccc(NC(C)=O)c(-c3ccc(F)cc3)c2)cc1OC. The molecule has 0 aliphatic rings. The molecule has 0 saturated carbocycles. The Morgan fingerprint density at radius 2 is 1.61 bits per heavy atom. The van der Waals surface area contributed by atoms with Crippen LogP contribution in [0.4, 0.5) is 10.1 Å². The van der Waals surface area contributed by atoms with Gasteiger partial charge in [-0.05, 0) is 59.7 Å². The van der Waals surface area contributed by atoms with E-state index in [0.717, 1.165) is 5.56 Å². The van der Waals surface area contributed by atoms with E-state index in [1.54, 1.807) is 62.8 Å². The van der Waals surface area contributed by atoms with Gasteiger partial charge in [0, 0.05) is 23.7 Å². The molecule has 3 aromatic rings. The number of halogens is 1. The predicted octanol–water partition coefficient (Wildman–Crippen LogP) is 5.36. The maximum Gasteiger partial charge on any atom is 0.221 e. The van der Waals surface area contributed by atoms with Crippen LogP contribution in [-0.4, -0.2) is 25.9 Å². The molecule has 1 N–H and O–H groups in total. The summed E-state index contributed by atoms with van der Waals surface area (Å²) in [6, 6.07) is 16.2. The fourth-order valence-corrected chi connectivity index (χ4v) is 3.09. The van der Waals surface area contributed by atoms with Crippen molar-refractivity contribution in [1.82, 2.24) is 0 Å². The van der Waals surface area contributed by atoms with E-state index in [-0.39, 0.29) is 17.5 Å². The molecule has 5 nitrogen and oxygen atoms in total. The van der Waals surface area contributed by atoms with Gasteiger partial charge in [0.15, 0.2) is 17.3 Å². The van der Waals surface area contributed by atoms with Gasteiger partial charge in [0.05, 0.1) is 14.2 Å². The molecular formula is C25H22FNO4. The maximum atomic E-state index is 13.3. The molecule has 0 fully saturated rings. The quantitative estimate of drug-likeness (QED) is 0.413. The van der Waals surface area contributed by atoms with Gasteiger partial charge in [-0.25, -0.2) is 4.39 Å². The second-order valence-corrected chi connectivity index (χ2v) is 6.76. The van der Waals surface area contributed by atoms with Crippen molar-refractivity contribution in [1.29, 1.82) is 0 Å². The number of hydrogen-bond donors (Lipinski definition) is 1. The summed E-state index contributed by atoms with van der Waals surface area (Å²) in [5.41, 5.74) is 3.06. The number of ether oxygens (including phenoxy) is 2. The van der Waals surface area contributed by atoms with E-state index in [1.165, 1.54) is 25.1 Å². The average Bonchev–Trinajstić information content (AvgIpc) is 2.77. The first-order valence-corrected chi connectivity index (χ1v) is 9.53. The Morgan fingerprint density at radius 3 is 2.26 bits per heavy atom. The molecule has 3 rings (SSSR count). The topological polar surface area (TPSA) is 64.6 Å². The van der Waals surface area contributed by atoms with Crippen LogP contribution in [0.3, 0.4) is 0 Å². The summed E-state index contributed by atoms with van der Waals surface area (Å²) < 4.78 is 23.8.